The number of rotatable bonds is 4. The Morgan fingerprint density at radius 2 is 1.71 bits per heavy atom. The van der Waals surface area contributed by atoms with E-state index in [1.165, 1.54) is 17.7 Å². The van der Waals surface area contributed by atoms with Gasteiger partial charge in [0.1, 0.15) is 17.3 Å². The van der Waals surface area contributed by atoms with Crippen molar-refractivity contribution in [1.82, 2.24) is 19.4 Å². The molecule has 7 heteroatoms. The van der Waals surface area contributed by atoms with E-state index in [-0.39, 0.29) is 16.5 Å². The quantitative estimate of drug-likeness (QED) is 0.705. The number of aromatic hydroxyl groups is 2. The molecule has 1 aliphatic rings. The number of benzene rings is 2. The minimum Gasteiger partial charge on any atom is -0.507 e. The lowest BCUT2D eigenvalue weighted by Gasteiger charge is -2.32. The third-order valence-electron chi connectivity index (χ3n) is 5.16. The molecule has 0 bridgehead atoms. The Bertz CT molecular complexity index is 963. The second-order valence-electron chi connectivity index (χ2n) is 7.19. The normalized spacial score (nSPS) is 15.8. The fourth-order valence-corrected chi connectivity index (χ4v) is 3.63. The minimum absolute atomic E-state index is 0.0685. The van der Waals surface area contributed by atoms with Gasteiger partial charge < -0.3 is 15.1 Å². The monoisotopic (exact) mass is 398 g/mol. The molecule has 0 saturated carbocycles. The number of phenolic OH excluding ortho intramolecular Hbond substituents is 2. The molecule has 0 atom stereocenters. The minimum atomic E-state index is -0.158. The van der Waals surface area contributed by atoms with E-state index in [2.05, 4.69) is 46.1 Å². The maximum absolute atomic E-state index is 10.2. The van der Waals surface area contributed by atoms with E-state index in [4.69, 9.17) is 11.6 Å². The number of imidazole rings is 1. The Kier molecular flexibility index (Phi) is 5.26. The van der Waals surface area contributed by atoms with Crippen LogP contribution in [0.2, 0.25) is 5.02 Å². The summed E-state index contributed by atoms with van der Waals surface area (Å²) in [6.45, 7) is 5.33. The summed E-state index contributed by atoms with van der Waals surface area (Å²) >= 11 is 6.02. The van der Waals surface area contributed by atoms with Crippen molar-refractivity contribution in [2.24, 2.45) is 0 Å². The van der Waals surface area contributed by atoms with Crippen molar-refractivity contribution in [3.63, 3.8) is 0 Å². The average molecular weight is 399 g/mol. The van der Waals surface area contributed by atoms with Crippen molar-refractivity contribution in [2.45, 2.75) is 6.54 Å². The Labute approximate surface area is 169 Å². The molecule has 1 fully saturated rings. The van der Waals surface area contributed by atoms with E-state index in [0.717, 1.165) is 38.4 Å². The Hall–Kier alpha value is -2.54. The van der Waals surface area contributed by atoms with Gasteiger partial charge in [-0.2, -0.15) is 0 Å². The van der Waals surface area contributed by atoms with Crippen LogP contribution in [-0.4, -0.2) is 62.8 Å². The fourth-order valence-electron chi connectivity index (χ4n) is 3.47. The van der Waals surface area contributed by atoms with Gasteiger partial charge >= 0.3 is 0 Å². The van der Waals surface area contributed by atoms with Crippen molar-refractivity contribution < 1.29 is 10.2 Å². The molecule has 0 radical (unpaired) electrons. The zero-order valence-electron chi connectivity index (χ0n) is 15.7. The summed E-state index contributed by atoms with van der Waals surface area (Å²) in [4.78, 5) is 9.19. The SMILES string of the molecule is CN1CCN(Cc2ccc(-n3ccnc3-c3cc(Cl)c(O)cc3O)cc2)CC1. The number of hydrogen-bond acceptors (Lipinski definition) is 5. The molecule has 2 N–H and O–H groups in total. The van der Waals surface area contributed by atoms with Gasteiger partial charge in [-0.25, -0.2) is 4.98 Å². The van der Waals surface area contributed by atoms with Crippen LogP contribution in [0.5, 0.6) is 11.5 Å². The number of nitrogens with zero attached hydrogens (tertiary/aromatic N) is 4. The molecule has 2 aromatic carbocycles. The molecule has 146 valence electrons. The fraction of sp³-hybridized carbons (Fsp3) is 0.286. The lowest BCUT2D eigenvalue weighted by atomic mass is 10.1. The van der Waals surface area contributed by atoms with Crippen LogP contribution in [0.25, 0.3) is 17.1 Å². The zero-order chi connectivity index (χ0) is 19.7. The van der Waals surface area contributed by atoms with Crippen LogP contribution in [-0.2, 0) is 6.54 Å². The highest BCUT2D eigenvalue weighted by Gasteiger charge is 2.16. The third kappa shape index (κ3) is 3.85. The molecule has 0 amide bonds. The second-order valence-corrected chi connectivity index (χ2v) is 7.59. The first-order valence-corrected chi connectivity index (χ1v) is 9.64. The molecule has 0 unspecified atom stereocenters. The molecular weight excluding hydrogens is 376 g/mol. The van der Waals surface area contributed by atoms with Gasteiger partial charge in [0.25, 0.3) is 0 Å². The first-order chi connectivity index (χ1) is 13.5. The zero-order valence-corrected chi connectivity index (χ0v) is 16.5. The summed E-state index contributed by atoms with van der Waals surface area (Å²) in [5.41, 5.74) is 2.68. The van der Waals surface area contributed by atoms with Crippen LogP contribution < -0.4 is 0 Å². The van der Waals surface area contributed by atoms with Crippen molar-refractivity contribution in [1.29, 1.82) is 0 Å². The lowest BCUT2D eigenvalue weighted by molar-refractivity contribution is 0.148. The maximum atomic E-state index is 10.2. The van der Waals surface area contributed by atoms with Gasteiger partial charge in [-0.15, -0.1) is 0 Å². The summed E-state index contributed by atoms with van der Waals surface area (Å²) in [6, 6.07) is 11.1. The number of hydrogen-bond donors (Lipinski definition) is 2. The highest BCUT2D eigenvalue weighted by Crippen LogP contribution is 2.37. The molecule has 0 aliphatic carbocycles. The largest absolute Gasteiger partial charge is 0.507 e. The molecular formula is C21H23ClN4O2. The van der Waals surface area contributed by atoms with Crippen molar-refractivity contribution in [3.8, 4) is 28.6 Å². The summed E-state index contributed by atoms with van der Waals surface area (Å²) in [7, 11) is 2.16. The topological polar surface area (TPSA) is 64.8 Å². The first-order valence-electron chi connectivity index (χ1n) is 9.26. The van der Waals surface area contributed by atoms with Crippen LogP contribution >= 0.6 is 11.6 Å². The van der Waals surface area contributed by atoms with Crippen molar-refractivity contribution >= 4 is 11.6 Å². The van der Waals surface area contributed by atoms with Crippen LogP contribution in [0.15, 0.2) is 48.8 Å². The van der Waals surface area contributed by atoms with Gasteiger partial charge in [0.2, 0.25) is 0 Å². The molecule has 4 rings (SSSR count). The number of aromatic nitrogens is 2. The molecule has 3 aromatic rings. The van der Waals surface area contributed by atoms with Gasteiger partial charge in [0.05, 0.1) is 10.6 Å². The number of halogens is 1. The smallest absolute Gasteiger partial charge is 0.148 e. The van der Waals surface area contributed by atoms with E-state index in [1.807, 2.05) is 10.8 Å². The molecule has 28 heavy (non-hydrogen) atoms. The highest BCUT2D eigenvalue weighted by atomic mass is 35.5. The number of likely N-dealkylation sites (N-methyl/N-ethyl adjacent to an activating group) is 1. The van der Waals surface area contributed by atoms with E-state index in [9.17, 15) is 10.2 Å². The molecule has 1 aromatic heterocycles. The van der Waals surface area contributed by atoms with Crippen molar-refractivity contribution in [2.75, 3.05) is 33.2 Å². The van der Waals surface area contributed by atoms with E-state index >= 15 is 0 Å². The maximum Gasteiger partial charge on any atom is 0.148 e. The Balaban J connectivity index is 1.56. The average Bonchev–Trinajstić information content (AvgIpc) is 3.17. The number of piperazine rings is 1. The van der Waals surface area contributed by atoms with Crippen LogP contribution in [0.1, 0.15) is 5.56 Å². The van der Waals surface area contributed by atoms with Gasteiger partial charge in [0, 0.05) is 56.9 Å². The first kappa shape index (κ1) is 18.8. The summed E-state index contributed by atoms with van der Waals surface area (Å²) in [5.74, 6) is 0.335. The third-order valence-corrected chi connectivity index (χ3v) is 5.47. The highest BCUT2D eigenvalue weighted by molar-refractivity contribution is 6.32. The molecule has 0 spiro atoms. The summed E-state index contributed by atoms with van der Waals surface area (Å²) in [6.07, 6.45) is 3.51. The van der Waals surface area contributed by atoms with Gasteiger partial charge in [0.15, 0.2) is 0 Å². The van der Waals surface area contributed by atoms with Crippen LogP contribution in [0, 0.1) is 0 Å². The molecule has 1 aliphatic heterocycles. The van der Waals surface area contributed by atoms with Gasteiger partial charge in [-0.3, -0.25) is 9.47 Å². The number of phenols is 2. The van der Waals surface area contributed by atoms with E-state index in [0.29, 0.717) is 11.4 Å². The van der Waals surface area contributed by atoms with Gasteiger partial charge in [-0.05, 0) is 30.8 Å². The van der Waals surface area contributed by atoms with Crippen LogP contribution in [0.3, 0.4) is 0 Å². The Morgan fingerprint density at radius 1 is 1.00 bits per heavy atom. The second kappa shape index (κ2) is 7.83. The molecule has 1 saturated heterocycles. The lowest BCUT2D eigenvalue weighted by Crippen LogP contribution is -2.43. The predicted molar refractivity (Wildman–Crippen MR) is 110 cm³/mol. The molecule has 2 heterocycles. The summed E-state index contributed by atoms with van der Waals surface area (Å²) in [5, 5.41) is 20.1. The Morgan fingerprint density at radius 3 is 2.43 bits per heavy atom. The molecule has 6 nitrogen and oxygen atoms in total. The van der Waals surface area contributed by atoms with E-state index in [1.54, 1.807) is 6.20 Å². The standard InChI is InChI=1S/C21H23ClN4O2/c1-24-8-10-25(11-9-24)14-15-2-4-16(5-3-15)26-7-6-23-21(26)17-12-18(22)20(28)13-19(17)27/h2-7,12-13,27-28H,8-11,14H2,1H3. The predicted octanol–water partition coefficient (Wildman–Crippen LogP) is 3.35. The summed E-state index contributed by atoms with van der Waals surface area (Å²) < 4.78 is 1.89. The van der Waals surface area contributed by atoms with Gasteiger partial charge in [-0.1, -0.05) is 23.7 Å². The van der Waals surface area contributed by atoms with Crippen molar-refractivity contribution in [3.05, 3.63) is 59.4 Å². The van der Waals surface area contributed by atoms with Crippen LogP contribution in [0.4, 0.5) is 0 Å². The van der Waals surface area contributed by atoms with E-state index < -0.39 is 0 Å².